The van der Waals surface area contributed by atoms with Crippen molar-refractivity contribution >= 4 is 33.0 Å². The van der Waals surface area contributed by atoms with Crippen molar-refractivity contribution in [3.8, 4) is 11.5 Å². The Balaban J connectivity index is 1.60. The SMILES string of the molecule is N[C@H]1CS(=O)(=O)c2cc(F)c(-c3nnc(C4CCOCC4)o3)cc2N(Cc2ccc(Cl)cc2)C1=O. The van der Waals surface area contributed by atoms with Gasteiger partial charge in [-0.15, -0.1) is 10.2 Å². The molecule has 2 aliphatic heterocycles. The summed E-state index contributed by atoms with van der Waals surface area (Å²) in [6.07, 6.45) is 1.40. The lowest BCUT2D eigenvalue weighted by molar-refractivity contribution is -0.119. The first-order valence-corrected chi connectivity index (χ1v) is 13.0. The fraction of sp³-hybridized carbons (Fsp3) is 0.348. The van der Waals surface area contributed by atoms with Crippen LogP contribution in [0, 0.1) is 5.82 Å². The first kappa shape index (κ1) is 23.9. The van der Waals surface area contributed by atoms with Crippen molar-refractivity contribution in [1.29, 1.82) is 0 Å². The number of benzene rings is 2. The van der Waals surface area contributed by atoms with Gasteiger partial charge in [0.1, 0.15) is 5.82 Å². The number of anilines is 1. The van der Waals surface area contributed by atoms with Crippen LogP contribution in [-0.2, 0) is 25.9 Å². The molecule has 0 aliphatic carbocycles. The first-order valence-electron chi connectivity index (χ1n) is 11.0. The van der Waals surface area contributed by atoms with E-state index in [0.29, 0.717) is 42.5 Å². The Morgan fingerprint density at radius 1 is 1.14 bits per heavy atom. The van der Waals surface area contributed by atoms with Crippen molar-refractivity contribution in [1.82, 2.24) is 10.2 Å². The Labute approximate surface area is 205 Å². The van der Waals surface area contributed by atoms with E-state index in [0.717, 1.165) is 6.07 Å². The number of nitrogens with two attached hydrogens (primary N) is 1. The topological polar surface area (TPSA) is 129 Å². The molecule has 3 aromatic rings. The summed E-state index contributed by atoms with van der Waals surface area (Å²) in [7, 11) is -4.06. The summed E-state index contributed by atoms with van der Waals surface area (Å²) in [4.78, 5) is 14.1. The Kier molecular flexibility index (Phi) is 6.34. The molecule has 0 radical (unpaired) electrons. The Bertz CT molecular complexity index is 1370. The summed E-state index contributed by atoms with van der Waals surface area (Å²) in [6.45, 7) is 1.14. The van der Waals surface area contributed by atoms with E-state index in [1.54, 1.807) is 24.3 Å². The number of rotatable bonds is 4. The maximum Gasteiger partial charge on any atom is 0.250 e. The number of aromatic nitrogens is 2. The second-order valence-corrected chi connectivity index (χ2v) is 11.0. The highest BCUT2D eigenvalue weighted by Gasteiger charge is 2.37. The quantitative estimate of drug-likeness (QED) is 0.555. The van der Waals surface area contributed by atoms with Gasteiger partial charge in [-0.05, 0) is 42.7 Å². The van der Waals surface area contributed by atoms with Crippen LogP contribution in [0.15, 0.2) is 45.7 Å². The van der Waals surface area contributed by atoms with E-state index in [1.807, 2.05) is 0 Å². The van der Waals surface area contributed by atoms with Crippen LogP contribution < -0.4 is 10.6 Å². The second kappa shape index (κ2) is 9.30. The molecule has 184 valence electrons. The van der Waals surface area contributed by atoms with Crippen LogP contribution in [0.4, 0.5) is 10.1 Å². The Hall–Kier alpha value is -2.86. The fourth-order valence-electron chi connectivity index (χ4n) is 4.27. The monoisotopic (exact) mass is 520 g/mol. The van der Waals surface area contributed by atoms with Crippen LogP contribution in [0.3, 0.4) is 0 Å². The van der Waals surface area contributed by atoms with Gasteiger partial charge in [0.25, 0.3) is 5.89 Å². The summed E-state index contributed by atoms with van der Waals surface area (Å²) in [5, 5.41) is 8.57. The number of carbonyl (C=O) groups is 1. The predicted molar refractivity (Wildman–Crippen MR) is 125 cm³/mol. The van der Waals surface area contributed by atoms with Gasteiger partial charge in [-0.1, -0.05) is 23.7 Å². The smallest absolute Gasteiger partial charge is 0.250 e. The predicted octanol–water partition coefficient (Wildman–Crippen LogP) is 3.07. The number of hydrogen-bond acceptors (Lipinski definition) is 8. The third-order valence-electron chi connectivity index (χ3n) is 6.15. The highest BCUT2D eigenvalue weighted by molar-refractivity contribution is 7.91. The highest BCUT2D eigenvalue weighted by Crippen LogP contribution is 2.37. The van der Waals surface area contributed by atoms with Crippen molar-refractivity contribution in [3.63, 3.8) is 0 Å². The molecule has 35 heavy (non-hydrogen) atoms. The molecule has 1 fully saturated rings. The van der Waals surface area contributed by atoms with E-state index in [9.17, 15) is 13.2 Å². The van der Waals surface area contributed by atoms with E-state index >= 15 is 4.39 Å². The molecule has 0 bridgehead atoms. The van der Waals surface area contributed by atoms with Crippen molar-refractivity contribution in [2.75, 3.05) is 23.9 Å². The van der Waals surface area contributed by atoms with Crippen LogP contribution in [0.5, 0.6) is 0 Å². The standard InChI is InChI=1S/C23H22ClFN4O5S/c24-15-3-1-13(2-4-15)11-29-19-9-16(22-28-27-21(34-22)14-5-7-33-8-6-14)17(25)10-20(19)35(31,32)12-18(26)23(29)30/h1-4,9-10,14,18H,5-8,11-12,26H2/t18-/m0/s1. The lowest BCUT2D eigenvalue weighted by Gasteiger charge is -2.24. The minimum atomic E-state index is -4.06. The number of ether oxygens (including phenoxy) is 1. The summed E-state index contributed by atoms with van der Waals surface area (Å²) in [5.74, 6) is -1.84. The molecular weight excluding hydrogens is 499 g/mol. The Morgan fingerprint density at radius 3 is 2.57 bits per heavy atom. The maximum absolute atomic E-state index is 15.2. The van der Waals surface area contributed by atoms with Gasteiger partial charge < -0.3 is 19.8 Å². The van der Waals surface area contributed by atoms with Crippen LogP contribution in [-0.4, -0.2) is 49.5 Å². The minimum Gasteiger partial charge on any atom is -0.420 e. The maximum atomic E-state index is 15.2. The Morgan fingerprint density at radius 2 is 1.86 bits per heavy atom. The summed E-state index contributed by atoms with van der Waals surface area (Å²) >= 11 is 5.96. The van der Waals surface area contributed by atoms with Gasteiger partial charge in [0, 0.05) is 24.2 Å². The normalized spacial score (nSPS) is 20.5. The van der Waals surface area contributed by atoms with E-state index in [2.05, 4.69) is 10.2 Å². The molecule has 0 saturated carbocycles. The zero-order chi connectivity index (χ0) is 24.7. The molecule has 2 N–H and O–H groups in total. The average molecular weight is 521 g/mol. The number of nitrogens with zero attached hydrogens (tertiary/aromatic N) is 3. The van der Waals surface area contributed by atoms with E-state index in [-0.39, 0.29) is 34.5 Å². The van der Waals surface area contributed by atoms with Crippen LogP contribution in [0.1, 0.15) is 30.2 Å². The van der Waals surface area contributed by atoms with Crippen LogP contribution in [0.2, 0.25) is 5.02 Å². The van der Waals surface area contributed by atoms with Crippen molar-refractivity contribution in [2.45, 2.75) is 36.2 Å². The van der Waals surface area contributed by atoms with Gasteiger partial charge >= 0.3 is 0 Å². The third-order valence-corrected chi connectivity index (χ3v) is 8.20. The summed E-state index contributed by atoms with van der Waals surface area (Å²) in [5.41, 5.74) is 6.52. The minimum absolute atomic E-state index is 0.000108. The van der Waals surface area contributed by atoms with Gasteiger partial charge in [0.05, 0.1) is 34.5 Å². The molecule has 12 heteroatoms. The number of fused-ring (bicyclic) bond motifs is 1. The van der Waals surface area contributed by atoms with Gasteiger partial charge in [-0.3, -0.25) is 4.79 Å². The summed E-state index contributed by atoms with van der Waals surface area (Å²) < 4.78 is 52.3. The molecule has 2 aromatic carbocycles. The highest BCUT2D eigenvalue weighted by atomic mass is 35.5. The lowest BCUT2D eigenvalue weighted by atomic mass is 10.0. The molecule has 0 unspecified atom stereocenters. The van der Waals surface area contributed by atoms with E-state index in [4.69, 9.17) is 26.5 Å². The third kappa shape index (κ3) is 4.68. The number of hydrogen-bond donors (Lipinski definition) is 1. The van der Waals surface area contributed by atoms with Crippen LogP contribution in [0.25, 0.3) is 11.5 Å². The molecule has 1 aromatic heterocycles. The molecule has 5 rings (SSSR count). The molecule has 9 nitrogen and oxygen atoms in total. The first-order chi connectivity index (χ1) is 16.7. The van der Waals surface area contributed by atoms with Crippen LogP contribution >= 0.6 is 11.6 Å². The van der Waals surface area contributed by atoms with Gasteiger partial charge in [0.2, 0.25) is 11.8 Å². The number of amides is 1. The lowest BCUT2D eigenvalue weighted by Crippen LogP contribution is -2.45. The van der Waals surface area contributed by atoms with Crippen molar-refractivity contribution in [2.24, 2.45) is 5.73 Å². The molecular formula is C23H22ClFN4O5S. The average Bonchev–Trinajstić information content (AvgIpc) is 3.31. The zero-order valence-electron chi connectivity index (χ0n) is 18.5. The van der Waals surface area contributed by atoms with E-state index in [1.165, 1.54) is 11.0 Å². The van der Waals surface area contributed by atoms with Gasteiger partial charge in [0.15, 0.2) is 9.84 Å². The summed E-state index contributed by atoms with van der Waals surface area (Å²) in [6, 6.07) is 7.57. The zero-order valence-corrected chi connectivity index (χ0v) is 20.1. The van der Waals surface area contributed by atoms with Gasteiger partial charge in [-0.25, -0.2) is 12.8 Å². The van der Waals surface area contributed by atoms with Gasteiger partial charge in [-0.2, -0.15) is 0 Å². The molecule has 1 atom stereocenters. The molecule has 3 heterocycles. The van der Waals surface area contributed by atoms with E-state index < -0.39 is 33.4 Å². The molecule has 1 saturated heterocycles. The van der Waals surface area contributed by atoms with Crippen molar-refractivity contribution in [3.05, 3.63) is 58.7 Å². The van der Waals surface area contributed by atoms with Crippen molar-refractivity contribution < 1.29 is 26.8 Å². The second-order valence-electron chi connectivity index (χ2n) is 8.57. The molecule has 2 aliphatic rings. The number of sulfone groups is 1. The fourth-order valence-corrected chi connectivity index (χ4v) is 5.96. The number of halogens is 2. The number of carbonyl (C=O) groups excluding carboxylic acids is 1. The molecule has 1 amide bonds. The molecule has 0 spiro atoms. The largest absolute Gasteiger partial charge is 0.420 e.